The van der Waals surface area contributed by atoms with E-state index in [1.165, 1.54) is 96.3 Å². The number of allylic oxidation sites excluding steroid dienone is 16. The van der Waals surface area contributed by atoms with E-state index >= 15 is 0 Å². The number of hydrogen-bond donors (Lipinski definition) is 0. The normalized spacial score (nSPS) is 12.8. The molecule has 0 saturated heterocycles. The minimum absolute atomic E-state index is 0.103. The fraction of sp³-hybridized carbons (Fsp3) is 0.698. The average Bonchev–Trinajstić information content (AvgIpc) is 3.35. The van der Waals surface area contributed by atoms with Gasteiger partial charge < -0.3 is 14.2 Å². The molecule has 0 spiro atoms. The van der Waals surface area contributed by atoms with Crippen molar-refractivity contribution in [1.82, 2.24) is 0 Å². The first kappa shape index (κ1) is 65.3. The molecule has 394 valence electrons. The predicted molar refractivity (Wildman–Crippen MR) is 297 cm³/mol. The Labute approximate surface area is 426 Å². The van der Waals surface area contributed by atoms with E-state index in [2.05, 4.69) is 118 Å². The number of rotatable bonds is 51. The molecule has 0 aromatic heterocycles. The highest BCUT2D eigenvalue weighted by Gasteiger charge is 2.19. The second kappa shape index (κ2) is 56.9. The third kappa shape index (κ3) is 55.1. The topological polar surface area (TPSA) is 78.9 Å². The first-order chi connectivity index (χ1) is 34.0. The molecule has 0 aromatic carbocycles. The molecule has 1 unspecified atom stereocenters. The Balaban J connectivity index is 4.50. The van der Waals surface area contributed by atoms with E-state index in [1.54, 1.807) is 0 Å². The van der Waals surface area contributed by atoms with Gasteiger partial charge in [0.2, 0.25) is 0 Å². The Morgan fingerprint density at radius 1 is 0.319 bits per heavy atom. The Hall–Kier alpha value is -3.67. The van der Waals surface area contributed by atoms with Crippen LogP contribution in [-0.2, 0) is 28.6 Å². The molecule has 0 aliphatic carbocycles. The molecular formula is C63H106O6. The van der Waals surface area contributed by atoms with Crippen LogP contribution in [0, 0.1) is 0 Å². The maximum absolute atomic E-state index is 12.9. The van der Waals surface area contributed by atoms with Crippen LogP contribution >= 0.6 is 0 Å². The number of unbranched alkanes of at least 4 members (excludes halogenated alkanes) is 25. The first-order valence-corrected chi connectivity index (χ1v) is 28.8. The van der Waals surface area contributed by atoms with E-state index in [-0.39, 0.29) is 31.1 Å². The smallest absolute Gasteiger partial charge is 0.306 e. The van der Waals surface area contributed by atoms with Gasteiger partial charge in [-0.15, -0.1) is 0 Å². The molecule has 0 fully saturated rings. The first-order valence-electron chi connectivity index (χ1n) is 28.8. The van der Waals surface area contributed by atoms with Crippen LogP contribution in [-0.4, -0.2) is 37.2 Å². The summed E-state index contributed by atoms with van der Waals surface area (Å²) in [6, 6.07) is 0. The van der Waals surface area contributed by atoms with Gasteiger partial charge in [-0.3, -0.25) is 14.4 Å². The second-order valence-electron chi connectivity index (χ2n) is 18.8. The molecule has 0 aliphatic rings. The molecule has 6 nitrogen and oxygen atoms in total. The number of esters is 3. The SMILES string of the molecule is CC/C=C\C/C=C\C/C=C\C/C=C\C/C=C\CCCCCC(=O)OCC(COC(=O)CCCCC/C=C\CCCCCCCCC)OC(=O)CCCCCCC/C=C\C=C/CCCCCCCCC. The van der Waals surface area contributed by atoms with Gasteiger partial charge in [-0.25, -0.2) is 0 Å². The van der Waals surface area contributed by atoms with Crippen molar-refractivity contribution in [2.24, 2.45) is 0 Å². The van der Waals surface area contributed by atoms with Crippen molar-refractivity contribution in [3.63, 3.8) is 0 Å². The van der Waals surface area contributed by atoms with E-state index in [4.69, 9.17) is 14.2 Å². The Bertz CT molecular complexity index is 1380. The quantitative estimate of drug-likeness (QED) is 0.0199. The van der Waals surface area contributed by atoms with Crippen molar-refractivity contribution in [1.29, 1.82) is 0 Å². The number of carbonyl (C=O) groups excluding carboxylic acids is 3. The van der Waals surface area contributed by atoms with Crippen LogP contribution in [0.2, 0.25) is 0 Å². The van der Waals surface area contributed by atoms with Crippen LogP contribution in [0.1, 0.15) is 265 Å². The molecule has 0 radical (unpaired) electrons. The zero-order chi connectivity index (χ0) is 50.0. The van der Waals surface area contributed by atoms with Crippen molar-refractivity contribution in [2.75, 3.05) is 13.2 Å². The van der Waals surface area contributed by atoms with Crippen LogP contribution in [0.3, 0.4) is 0 Å². The van der Waals surface area contributed by atoms with Crippen LogP contribution in [0.25, 0.3) is 0 Å². The summed E-state index contributed by atoms with van der Waals surface area (Å²) in [5, 5.41) is 0. The van der Waals surface area contributed by atoms with E-state index in [0.29, 0.717) is 19.3 Å². The Morgan fingerprint density at radius 3 is 1.00 bits per heavy atom. The zero-order valence-corrected chi connectivity index (χ0v) is 45.0. The summed E-state index contributed by atoms with van der Waals surface area (Å²) in [5.41, 5.74) is 0. The molecule has 0 N–H and O–H groups in total. The standard InChI is InChI=1S/C63H106O6/c1-4-7-10-13-16-19-22-25-28-30-32-34-35-38-41-44-47-50-53-56-62(65)68-59-60(58-67-61(64)55-52-49-46-43-40-37-27-24-21-18-15-12-9-6-3)69-63(66)57-54-51-48-45-42-39-36-33-31-29-26-23-20-17-14-11-8-5-2/h7,10,16,19,25,28-29,31-34,36-38,40-41,60H,4-6,8-9,11-15,17-18,20-24,26-27,30,35,39,42-59H2,1-3H3/b10-7-,19-16-,28-25-,31-29-,34-32-,36-33-,40-37-,41-38-. The number of hydrogen-bond acceptors (Lipinski definition) is 6. The fourth-order valence-corrected chi connectivity index (χ4v) is 7.75. The van der Waals surface area contributed by atoms with Gasteiger partial charge in [-0.2, -0.15) is 0 Å². The molecule has 0 bridgehead atoms. The minimum atomic E-state index is -0.807. The molecule has 0 amide bonds. The van der Waals surface area contributed by atoms with Gasteiger partial charge in [0.05, 0.1) is 0 Å². The van der Waals surface area contributed by atoms with Gasteiger partial charge in [0.1, 0.15) is 13.2 Å². The van der Waals surface area contributed by atoms with Gasteiger partial charge in [0.25, 0.3) is 0 Å². The Morgan fingerprint density at radius 2 is 0.609 bits per heavy atom. The van der Waals surface area contributed by atoms with Crippen LogP contribution in [0.4, 0.5) is 0 Å². The minimum Gasteiger partial charge on any atom is -0.462 e. The molecule has 0 aliphatic heterocycles. The summed E-state index contributed by atoms with van der Waals surface area (Å²) in [5.74, 6) is -0.963. The van der Waals surface area contributed by atoms with Gasteiger partial charge in [-0.1, -0.05) is 227 Å². The summed E-state index contributed by atoms with van der Waals surface area (Å²) in [6.07, 6.45) is 75.4. The summed E-state index contributed by atoms with van der Waals surface area (Å²) >= 11 is 0. The molecule has 0 heterocycles. The molecule has 6 heteroatoms. The van der Waals surface area contributed by atoms with E-state index in [0.717, 1.165) is 128 Å². The maximum atomic E-state index is 12.9. The highest BCUT2D eigenvalue weighted by Crippen LogP contribution is 2.14. The average molecular weight is 960 g/mol. The molecular weight excluding hydrogens is 853 g/mol. The molecule has 0 rings (SSSR count). The second-order valence-corrected chi connectivity index (χ2v) is 18.8. The van der Waals surface area contributed by atoms with Gasteiger partial charge in [-0.05, 0) is 116 Å². The van der Waals surface area contributed by atoms with E-state index in [9.17, 15) is 14.4 Å². The zero-order valence-electron chi connectivity index (χ0n) is 45.0. The highest BCUT2D eigenvalue weighted by atomic mass is 16.6. The Kier molecular flexibility index (Phi) is 53.9. The van der Waals surface area contributed by atoms with Crippen molar-refractivity contribution in [3.05, 3.63) is 97.2 Å². The van der Waals surface area contributed by atoms with Crippen LogP contribution in [0.5, 0.6) is 0 Å². The van der Waals surface area contributed by atoms with Crippen molar-refractivity contribution in [2.45, 2.75) is 271 Å². The highest BCUT2D eigenvalue weighted by molar-refractivity contribution is 5.71. The number of carbonyl (C=O) groups is 3. The van der Waals surface area contributed by atoms with Crippen LogP contribution < -0.4 is 0 Å². The lowest BCUT2D eigenvalue weighted by Gasteiger charge is -2.18. The lowest BCUT2D eigenvalue weighted by atomic mass is 10.1. The van der Waals surface area contributed by atoms with Gasteiger partial charge >= 0.3 is 17.9 Å². The van der Waals surface area contributed by atoms with Gasteiger partial charge in [0, 0.05) is 19.3 Å². The lowest BCUT2D eigenvalue weighted by Crippen LogP contribution is -2.30. The molecule has 1 atom stereocenters. The summed E-state index contributed by atoms with van der Waals surface area (Å²) in [4.78, 5) is 38.1. The van der Waals surface area contributed by atoms with Crippen molar-refractivity contribution in [3.8, 4) is 0 Å². The van der Waals surface area contributed by atoms with Gasteiger partial charge in [0.15, 0.2) is 6.10 Å². The predicted octanol–water partition coefficient (Wildman–Crippen LogP) is 19.3. The summed E-state index contributed by atoms with van der Waals surface area (Å²) < 4.78 is 16.8. The van der Waals surface area contributed by atoms with Crippen molar-refractivity contribution < 1.29 is 28.6 Å². The monoisotopic (exact) mass is 959 g/mol. The van der Waals surface area contributed by atoms with Crippen LogP contribution in [0.15, 0.2) is 97.2 Å². The largest absolute Gasteiger partial charge is 0.462 e. The number of ether oxygens (including phenoxy) is 3. The fourth-order valence-electron chi connectivity index (χ4n) is 7.75. The summed E-state index contributed by atoms with van der Waals surface area (Å²) in [7, 11) is 0. The third-order valence-corrected chi connectivity index (χ3v) is 12.1. The third-order valence-electron chi connectivity index (χ3n) is 12.1. The lowest BCUT2D eigenvalue weighted by molar-refractivity contribution is -0.167. The molecule has 0 aromatic rings. The van der Waals surface area contributed by atoms with E-state index in [1.807, 2.05) is 0 Å². The maximum Gasteiger partial charge on any atom is 0.306 e. The van der Waals surface area contributed by atoms with E-state index < -0.39 is 6.10 Å². The molecule has 69 heavy (non-hydrogen) atoms. The molecule has 0 saturated carbocycles. The van der Waals surface area contributed by atoms with Crippen molar-refractivity contribution >= 4 is 17.9 Å². The summed E-state index contributed by atoms with van der Waals surface area (Å²) in [6.45, 7) is 6.47.